The van der Waals surface area contributed by atoms with Gasteiger partial charge >= 0.3 is 5.97 Å². The molecule has 4 rings (SSSR count). The minimum Gasteiger partial charge on any atom is -0.482 e. The Bertz CT molecular complexity index is 1240. The van der Waals surface area contributed by atoms with Crippen molar-refractivity contribution >= 4 is 39.9 Å². The fourth-order valence-corrected chi connectivity index (χ4v) is 4.64. The summed E-state index contributed by atoms with van der Waals surface area (Å²) in [4.78, 5) is 46.0. The Balaban J connectivity index is 1.58. The maximum Gasteiger partial charge on any atom is 0.350 e. The van der Waals surface area contributed by atoms with Crippen LogP contribution in [0.25, 0.3) is 0 Å². The Labute approximate surface area is 205 Å². The van der Waals surface area contributed by atoms with Gasteiger partial charge in [0.25, 0.3) is 5.91 Å². The molecule has 0 spiro atoms. The average Bonchev–Trinajstić information content (AvgIpc) is 3.24. The van der Waals surface area contributed by atoms with E-state index in [1.165, 1.54) is 21.9 Å². The molecular formula is C25H24FN3O5S. The van der Waals surface area contributed by atoms with Crippen LogP contribution in [0.3, 0.4) is 0 Å². The molecule has 2 heterocycles. The molecule has 1 aromatic heterocycles. The van der Waals surface area contributed by atoms with E-state index in [0.717, 1.165) is 11.3 Å². The lowest BCUT2D eigenvalue weighted by Gasteiger charge is -2.30. The molecule has 0 N–H and O–H groups in total. The quantitative estimate of drug-likeness (QED) is 0.435. The molecule has 10 heteroatoms. The first-order chi connectivity index (χ1) is 16.9. The lowest BCUT2D eigenvalue weighted by atomic mass is 10.2. The third-order valence-corrected chi connectivity index (χ3v) is 6.55. The Morgan fingerprint density at radius 1 is 1.20 bits per heavy atom. The Morgan fingerprint density at radius 3 is 2.69 bits per heavy atom. The normalized spacial score (nSPS) is 12.7. The molecule has 182 valence electrons. The van der Waals surface area contributed by atoms with Gasteiger partial charge in [0.2, 0.25) is 5.91 Å². The SMILES string of the molecule is CCOC(=O)c1sc(N(Cc2ccc(F)cc2)C(=O)CCN2C(=O)COc3ccccc32)nc1C. The van der Waals surface area contributed by atoms with E-state index >= 15 is 0 Å². The molecule has 0 saturated heterocycles. The number of esters is 1. The predicted molar refractivity (Wildman–Crippen MR) is 129 cm³/mol. The van der Waals surface area contributed by atoms with Gasteiger partial charge in [-0.3, -0.25) is 14.5 Å². The largest absolute Gasteiger partial charge is 0.482 e. The second kappa shape index (κ2) is 10.6. The number of amides is 2. The molecule has 2 amide bonds. The maximum absolute atomic E-state index is 13.4. The summed E-state index contributed by atoms with van der Waals surface area (Å²) < 4.78 is 24.0. The van der Waals surface area contributed by atoms with Gasteiger partial charge in [0.15, 0.2) is 11.7 Å². The van der Waals surface area contributed by atoms with Gasteiger partial charge in [-0.1, -0.05) is 35.6 Å². The lowest BCUT2D eigenvalue weighted by Crippen LogP contribution is -2.41. The fraction of sp³-hybridized carbons (Fsp3) is 0.280. The van der Waals surface area contributed by atoms with Crippen molar-refractivity contribution in [2.24, 2.45) is 0 Å². The molecule has 2 aromatic carbocycles. The van der Waals surface area contributed by atoms with Crippen LogP contribution in [0.4, 0.5) is 15.2 Å². The van der Waals surface area contributed by atoms with E-state index in [-0.39, 0.29) is 50.4 Å². The maximum atomic E-state index is 13.4. The third kappa shape index (κ3) is 5.48. The first-order valence-electron chi connectivity index (χ1n) is 11.1. The number of aromatic nitrogens is 1. The minimum absolute atomic E-state index is 0.00857. The second-order valence-corrected chi connectivity index (χ2v) is 8.77. The lowest BCUT2D eigenvalue weighted by molar-refractivity contribution is -0.121. The number of benzene rings is 2. The van der Waals surface area contributed by atoms with Gasteiger partial charge in [0.1, 0.15) is 16.4 Å². The Hall–Kier alpha value is -3.79. The standard InChI is InChI=1S/C25H24FN3O5S/c1-3-33-24(32)23-16(2)27-25(35-23)29(14-17-8-10-18(26)11-9-17)21(30)12-13-28-19-6-4-5-7-20(19)34-15-22(28)31/h4-11H,3,12-15H2,1-2H3. The van der Waals surface area contributed by atoms with E-state index in [1.54, 1.807) is 44.2 Å². The molecule has 0 bridgehead atoms. The van der Waals surface area contributed by atoms with Crippen molar-refractivity contribution in [3.05, 3.63) is 70.5 Å². The van der Waals surface area contributed by atoms with Crippen molar-refractivity contribution < 1.29 is 28.2 Å². The zero-order chi connectivity index (χ0) is 24.9. The summed E-state index contributed by atoms with van der Waals surface area (Å²) >= 11 is 1.06. The number of anilines is 2. The number of hydrogen-bond donors (Lipinski definition) is 0. The molecule has 0 unspecified atom stereocenters. The highest BCUT2D eigenvalue weighted by Gasteiger charge is 2.28. The van der Waals surface area contributed by atoms with Gasteiger partial charge in [-0.2, -0.15) is 0 Å². The zero-order valence-corrected chi connectivity index (χ0v) is 20.1. The topological polar surface area (TPSA) is 89.0 Å². The van der Waals surface area contributed by atoms with Crippen molar-refractivity contribution in [1.29, 1.82) is 0 Å². The second-order valence-electron chi connectivity index (χ2n) is 7.79. The van der Waals surface area contributed by atoms with Crippen molar-refractivity contribution in [2.75, 3.05) is 29.6 Å². The van der Waals surface area contributed by atoms with Crippen LogP contribution in [0.5, 0.6) is 5.75 Å². The number of halogens is 1. The Kier molecular flexibility index (Phi) is 7.40. The third-order valence-electron chi connectivity index (χ3n) is 5.39. The van der Waals surface area contributed by atoms with E-state index in [4.69, 9.17) is 9.47 Å². The average molecular weight is 498 g/mol. The summed E-state index contributed by atoms with van der Waals surface area (Å²) in [6, 6.07) is 13.0. The van der Waals surface area contributed by atoms with E-state index < -0.39 is 5.97 Å². The number of rotatable bonds is 8. The number of para-hydroxylation sites is 2. The number of thiazole rings is 1. The van der Waals surface area contributed by atoms with Crippen LogP contribution < -0.4 is 14.5 Å². The van der Waals surface area contributed by atoms with Gasteiger partial charge in [-0.15, -0.1) is 0 Å². The van der Waals surface area contributed by atoms with Crippen LogP contribution in [0.2, 0.25) is 0 Å². The Morgan fingerprint density at radius 2 is 1.94 bits per heavy atom. The summed E-state index contributed by atoms with van der Waals surface area (Å²) in [5.41, 5.74) is 1.76. The van der Waals surface area contributed by atoms with Crippen molar-refractivity contribution in [1.82, 2.24) is 4.98 Å². The molecule has 3 aromatic rings. The molecule has 0 atom stereocenters. The van der Waals surface area contributed by atoms with Gasteiger partial charge in [0.05, 0.1) is 24.5 Å². The van der Waals surface area contributed by atoms with Crippen molar-refractivity contribution in [3.63, 3.8) is 0 Å². The van der Waals surface area contributed by atoms with Gasteiger partial charge in [-0.05, 0) is 43.7 Å². The smallest absolute Gasteiger partial charge is 0.350 e. The molecule has 0 fully saturated rings. The zero-order valence-electron chi connectivity index (χ0n) is 19.3. The van der Waals surface area contributed by atoms with Crippen LogP contribution >= 0.6 is 11.3 Å². The molecule has 35 heavy (non-hydrogen) atoms. The summed E-state index contributed by atoms with van der Waals surface area (Å²) in [5.74, 6) is -0.840. The van der Waals surface area contributed by atoms with Crippen LogP contribution in [0, 0.1) is 12.7 Å². The van der Waals surface area contributed by atoms with E-state index in [2.05, 4.69) is 4.98 Å². The molecular weight excluding hydrogens is 473 g/mol. The van der Waals surface area contributed by atoms with E-state index in [9.17, 15) is 18.8 Å². The predicted octanol–water partition coefficient (Wildman–Crippen LogP) is 4.12. The molecule has 0 saturated carbocycles. The molecule has 0 aliphatic carbocycles. The molecule has 8 nitrogen and oxygen atoms in total. The summed E-state index contributed by atoms with van der Waals surface area (Å²) in [5, 5.41) is 0.327. The highest BCUT2D eigenvalue weighted by atomic mass is 32.1. The van der Waals surface area contributed by atoms with Crippen molar-refractivity contribution in [2.45, 2.75) is 26.8 Å². The first-order valence-corrected chi connectivity index (χ1v) is 11.9. The molecule has 0 radical (unpaired) electrons. The highest BCUT2D eigenvalue weighted by Crippen LogP contribution is 2.32. The fourth-order valence-electron chi connectivity index (χ4n) is 3.66. The minimum atomic E-state index is -0.501. The molecule has 1 aliphatic heterocycles. The summed E-state index contributed by atoms with van der Waals surface area (Å²) in [7, 11) is 0. The van der Waals surface area contributed by atoms with Crippen LogP contribution in [0.1, 0.15) is 34.3 Å². The van der Waals surface area contributed by atoms with Gasteiger partial charge < -0.3 is 14.4 Å². The monoisotopic (exact) mass is 497 g/mol. The number of carbonyl (C=O) groups excluding carboxylic acids is 3. The number of ether oxygens (including phenoxy) is 2. The highest BCUT2D eigenvalue weighted by molar-refractivity contribution is 7.17. The number of fused-ring (bicyclic) bond motifs is 1. The van der Waals surface area contributed by atoms with Crippen LogP contribution in [-0.4, -0.2) is 42.5 Å². The molecule has 1 aliphatic rings. The van der Waals surface area contributed by atoms with E-state index in [1.807, 2.05) is 6.07 Å². The van der Waals surface area contributed by atoms with E-state index in [0.29, 0.717) is 32.7 Å². The van der Waals surface area contributed by atoms with Crippen molar-refractivity contribution in [3.8, 4) is 5.75 Å². The number of aryl methyl sites for hydroxylation is 1. The first kappa shape index (κ1) is 24.3. The summed E-state index contributed by atoms with van der Waals surface area (Å²) in [6.07, 6.45) is 0.00857. The number of nitrogens with zero attached hydrogens (tertiary/aromatic N) is 3. The number of hydrogen-bond acceptors (Lipinski definition) is 7. The summed E-state index contributed by atoms with van der Waals surface area (Å²) in [6.45, 7) is 3.79. The van der Waals surface area contributed by atoms with Gasteiger partial charge in [-0.25, -0.2) is 14.2 Å². The van der Waals surface area contributed by atoms with Crippen LogP contribution in [0.15, 0.2) is 48.5 Å². The van der Waals surface area contributed by atoms with Gasteiger partial charge in [0, 0.05) is 13.0 Å². The van der Waals surface area contributed by atoms with Crippen LogP contribution in [-0.2, 0) is 20.9 Å². The number of carbonyl (C=O) groups is 3.